The van der Waals surface area contributed by atoms with Crippen LogP contribution >= 0.6 is 0 Å². The molecule has 1 aliphatic rings. The first-order valence-corrected chi connectivity index (χ1v) is 6.34. The van der Waals surface area contributed by atoms with Crippen LogP contribution in [0.1, 0.15) is 32.1 Å². The number of hydrogen-bond donors (Lipinski definition) is 1. The Morgan fingerprint density at radius 3 is 2.78 bits per heavy atom. The molecule has 0 spiro atoms. The molecule has 0 heterocycles. The second-order valence-corrected chi connectivity index (χ2v) is 4.78. The van der Waals surface area contributed by atoms with Crippen LogP contribution in [-0.4, -0.2) is 11.5 Å². The Morgan fingerprint density at radius 1 is 1.39 bits per heavy atom. The maximum absolute atomic E-state index is 12.9. The first kappa shape index (κ1) is 12.8. The highest BCUT2D eigenvalue weighted by Crippen LogP contribution is 2.29. The van der Waals surface area contributed by atoms with Crippen molar-refractivity contribution in [3.63, 3.8) is 0 Å². The van der Waals surface area contributed by atoms with Crippen LogP contribution in [0.4, 0.5) is 15.8 Å². The molecule has 1 aromatic carbocycles. The molecule has 2 rings (SSSR count). The lowest BCUT2D eigenvalue weighted by Crippen LogP contribution is -2.08. The normalized spacial score (nSPS) is 15.8. The van der Waals surface area contributed by atoms with E-state index in [0.717, 1.165) is 18.4 Å². The van der Waals surface area contributed by atoms with Gasteiger partial charge in [0.15, 0.2) is 0 Å². The highest BCUT2D eigenvalue weighted by atomic mass is 19.1. The third-order valence-electron chi connectivity index (χ3n) is 3.50. The van der Waals surface area contributed by atoms with Gasteiger partial charge in [-0.25, -0.2) is 4.39 Å². The summed E-state index contributed by atoms with van der Waals surface area (Å²) in [5.41, 5.74) is 0.209. The summed E-state index contributed by atoms with van der Waals surface area (Å²) >= 11 is 0. The number of benzene rings is 1. The number of nitrogens with zero attached hydrogens (tertiary/aromatic N) is 1. The van der Waals surface area contributed by atoms with Gasteiger partial charge >= 0.3 is 0 Å². The van der Waals surface area contributed by atoms with Crippen molar-refractivity contribution >= 4 is 11.4 Å². The maximum Gasteiger partial charge on any atom is 0.295 e. The molecule has 0 bridgehead atoms. The van der Waals surface area contributed by atoms with Crippen LogP contribution in [-0.2, 0) is 0 Å². The lowest BCUT2D eigenvalue weighted by molar-refractivity contribution is -0.384. The number of nitro benzene ring substituents is 1. The standard InChI is InChI=1S/C13H17FN2O2/c14-11-5-6-12(13(9-11)16(17)18)15-8-7-10-3-1-2-4-10/h5-6,9-10,15H,1-4,7-8H2. The molecule has 1 saturated carbocycles. The number of anilines is 1. The number of nitrogens with one attached hydrogen (secondary N) is 1. The van der Waals surface area contributed by atoms with Crippen molar-refractivity contribution in [1.82, 2.24) is 0 Å². The second kappa shape index (κ2) is 5.80. The van der Waals surface area contributed by atoms with E-state index in [2.05, 4.69) is 5.32 Å². The summed E-state index contributed by atoms with van der Waals surface area (Å²) < 4.78 is 12.9. The van der Waals surface area contributed by atoms with E-state index in [0.29, 0.717) is 12.2 Å². The molecule has 0 aromatic heterocycles. The molecular formula is C13H17FN2O2. The Bertz CT molecular complexity index is 431. The van der Waals surface area contributed by atoms with E-state index in [9.17, 15) is 14.5 Å². The zero-order chi connectivity index (χ0) is 13.0. The van der Waals surface area contributed by atoms with Crippen LogP contribution in [0, 0.1) is 21.8 Å². The molecule has 1 aromatic rings. The fourth-order valence-electron chi connectivity index (χ4n) is 2.52. The third-order valence-corrected chi connectivity index (χ3v) is 3.50. The molecule has 0 atom stereocenters. The van der Waals surface area contributed by atoms with Crippen molar-refractivity contribution in [2.45, 2.75) is 32.1 Å². The molecule has 1 aliphatic carbocycles. The van der Waals surface area contributed by atoms with Gasteiger partial charge in [-0.05, 0) is 24.5 Å². The van der Waals surface area contributed by atoms with Crippen LogP contribution in [0.15, 0.2) is 18.2 Å². The van der Waals surface area contributed by atoms with Crippen molar-refractivity contribution in [1.29, 1.82) is 0 Å². The number of rotatable bonds is 5. The van der Waals surface area contributed by atoms with Gasteiger partial charge < -0.3 is 5.32 Å². The average Bonchev–Trinajstić information content (AvgIpc) is 2.84. The van der Waals surface area contributed by atoms with Gasteiger partial charge in [0.2, 0.25) is 0 Å². The number of hydrogen-bond acceptors (Lipinski definition) is 3. The Kier molecular flexibility index (Phi) is 4.12. The van der Waals surface area contributed by atoms with E-state index in [1.54, 1.807) is 0 Å². The first-order chi connectivity index (χ1) is 8.66. The van der Waals surface area contributed by atoms with E-state index < -0.39 is 10.7 Å². The van der Waals surface area contributed by atoms with E-state index in [-0.39, 0.29) is 5.69 Å². The highest BCUT2D eigenvalue weighted by molar-refractivity contribution is 5.61. The Balaban J connectivity index is 1.93. The van der Waals surface area contributed by atoms with Crippen LogP contribution < -0.4 is 5.32 Å². The van der Waals surface area contributed by atoms with E-state index in [1.807, 2.05) is 0 Å². The first-order valence-electron chi connectivity index (χ1n) is 6.34. The van der Waals surface area contributed by atoms with Gasteiger partial charge in [0.1, 0.15) is 11.5 Å². The van der Waals surface area contributed by atoms with Crippen molar-refractivity contribution in [3.05, 3.63) is 34.1 Å². The minimum absolute atomic E-state index is 0.193. The smallest absolute Gasteiger partial charge is 0.295 e. The SMILES string of the molecule is O=[N+]([O-])c1cc(F)ccc1NCCC1CCCC1. The van der Waals surface area contributed by atoms with Crippen molar-refractivity contribution < 1.29 is 9.31 Å². The van der Waals surface area contributed by atoms with E-state index in [1.165, 1.54) is 37.8 Å². The third kappa shape index (κ3) is 3.18. The molecule has 98 valence electrons. The quantitative estimate of drug-likeness (QED) is 0.641. The van der Waals surface area contributed by atoms with Gasteiger partial charge in [0.25, 0.3) is 5.69 Å². The van der Waals surface area contributed by atoms with E-state index >= 15 is 0 Å². The summed E-state index contributed by atoms with van der Waals surface area (Å²) in [5, 5.41) is 13.8. The van der Waals surface area contributed by atoms with Gasteiger partial charge in [0, 0.05) is 6.54 Å². The number of halogens is 1. The number of nitro groups is 1. The second-order valence-electron chi connectivity index (χ2n) is 4.78. The van der Waals surface area contributed by atoms with Crippen molar-refractivity contribution in [2.75, 3.05) is 11.9 Å². The summed E-state index contributed by atoms with van der Waals surface area (Å²) in [4.78, 5) is 10.2. The summed E-state index contributed by atoms with van der Waals surface area (Å²) in [7, 11) is 0. The summed E-state index contributed by atoms with van der Waals surface area (Å²) in [6, 6.07) is 3.63. The lowest BCUT2D eigenvalue weighted by atomic mass is 10.0. The molecule has 1 N–H and O–H groups in total. The Labute approximate surface area is 105 Å². The molecule has 4 nitrogen and oxygen atoms in total. The van der Waals surface area contributed by atoms with Gasteiger partial charge in [-0.2, -0.15) is 0 Å². The highest BCUT2D eigenvalue weighted by Gasteiger charge is 2.17. The molecule has 1 fully saturated rings. The average molecular weight is 252 g/mol. The van der Waals surface area contributed by atoms with Crippen molar-refractivity contribution in [3.8, 4) is 0 Å². The molecule has 5 heteroatoms. The zero-order valence-corrected chi connectivity index (χ0v) is 10.2. The largest absolute Gasteiger partial charge is 0.379 e. The van der Waals surface area contributed by atoms with Gasteiger partial charge in [-0.1, -0.05) is 25.7 Å². The Morgan fingerprint density at radius 2 is 2.11 bits per heavy atom. The molecule has 0 aliphatic heterocycles. The predicted octanol–water partition coefficient (Wildman–Crippen LogP) is 3.73. The fourth-order valence-corrected chi connectivity index (χ4v) is 2.52. The molecule has 0 radical (unpaired) electrons. The van der Waals surface area contributed by atoms with Gasteiger partial charge in [-0.15, -0.1) is 0 Å². The van der Waals surface area contributed by atoms with Crippen LogP contribution in [0.25, 0.3) is 0 Å². The van der Waals surface area contributed by atoms with Crippen LogP contribution in [0.5, 0.6) is 0 Å². The monoisotopic (exact) mass is 252 g/mol. The summed E-state index contributed by atoms with van der Waals surface area (Å²) in [6.07, 6.45) is 6.12. The summed E-state index contributed by atoms with van der Waals surface area (Å²) in [5.74, 6) is 0.153. The van der Waals surface area contributed by atoms with Crippen LogP contribution in [0.2, 0.25) is 0 Å². The molecular weight excluding hydrogens is 235 g/mol. The zero-order valence-electron chi connectivity index (χ0n) is 10.2. The molecule has 0 saturated heterocycles. The predicted molar refractivity (Wildman–Crippen MR) is 68.1 cm³/mol. The van der Waals surface area contributed by atoms with Gasteiger partial charge in [-0.3, -0.25) is 10.1 Å². The molecule has 0 unspecified atom stereocenters. The minimum Gasteiger partial charge on any atom is -0.379 e. The fraction of sp³-hybridized carbons (Fsp3) is 0.538. The van der Waals surface area contributed by atoms with Crippen molar-refractivity contribution in [2.24, 2.45) is 5.92 Å². The topological polar surface area (TPSA) is 55.2 Å². The van der Waals surface area contributed by atoms with E-state index in [4.69, 9.17) is 0 Å². The summed E-state index contributed by atoms with van der Waals surface area (Å²) in [6.45, 7) is 0.705. The van der Waals surface area contributed by atoms with Gasteiger partial charge in [0.05, 0.1) is 11.0 Å². The minimum atomic E-state index is -0.581. The molecule has 0 amide bonds. The Hall–Kier alpha value is -1.65. The lowest BCUT2D eigenvalue weighted by Gasteiger charge is -2.10. The van der Waals surface area contributed by atoms with Crippen LogP contribution in [0.3, 0.4) is 0 Å². The maximum atomic E-state index is 12.9. The molecule has 18 heavy (non-hydrogen) atoms.